The zero-order valence-corrected chi connectivity index (χ0v) is 18.3. The summed E-state index contributed by atoms with van der Waals surface area (Å²) < 4.78 is 15.1. The summed E-state index contributed by atoms with van der Waals surface area (Å²) in [6.45, 7) is 0.577. The maximum absolute atomic E-state index is 13.2. The quantitative estimate of drug-likeness (QED) is 0.416. The molecule has 32 heavy (non-hydrogen) atoms. The van der Waals surface area contributed by atoms with E-state index < -0.39 is 0 Å². The molecule has 0 amide bonds. The lowest BCUT2D eigenvalue weighted by atomic mass is 10.2. The van der Waals surface area contributed by atoms with Gasteiger partial charge < -0.3 is 10.2 Å². The van der Waals surface area contributed by atoms with Crippen LogP contribution in [0.15, 0.2) is 67.3 Å². The van der Waals surface area contributed by atoms with Crippen LogP contribution < -0.4 is 10.2 Å². The van der Waals surface area contributed by atoms with Gasteiger partial charge in [-0.25, -0.2) is 19.3 Å². The molecule has 0 bridgehead atoms. The third-order valence-corrected chi connectivity index (χ3v) is 5.12. The number of anilines is 3. The molecule has 7 nitrogen and oxygen atoms in total. The third-order valence-electron chi connectivity index (χ3n) is 5.12. The molecule has 0 radical (unpaired) electrons. The van der Waals surface area contributed by atoms with E-state index in [1.54, 1.807) is 18.3 Å². The summed E-state index contributed by atoms with van der Waals surface area (Å²) in [4.78, 5) is 15.1. The number of benzene rings is 2. The van der Waals surface area contributed by atoms with Crippen LogP contribution in [0.3, 0.4) is 0 Å². The number of fused-ring (bicyclic) bond motifs is 2. The van der Waals surface area contributed by atoms with Crippen molar-refractivity contribution in [1.82, 2.24) is 24.7 Å². The van der Waals surface area contributed by atoms with Crippen molar-refractivity contribution in [3.05, 3.63) is 78.6 Å². The summed E-state index contributed by atoms with van der Waals surface area (Å²) in [5, 5.41) is 9.79. The van der Waals surface area contributed by atoms with Crippen molar-refractivity contribution in [2.45, 2.75) is 6.54 Å². The fourth-order valence-corrected chi connectivity index (χ4v) is 3.48. The van der Waals surface area contributed by atoms with Crippen molar-refractivity contribution in [3.63, 3.8) is 0 Å². The van der Waals surface area contributed by atoms with Gasteiger partial charge in [-0.2, -0.15) is 5.10 Å². The summed E-state index contributed by atoms with van der Waals surface area (Å²) in [5.74, 6) is 1.31. The molecule has 0 aliphatic rings. The van der Waals surface area contributed by atoms with Crippen molar-refractivity contribution in [3.8, 4) is 0 Å². The SMILES string of the molecule is CN(C)c1cc2c(Nc3ccc4c(cnn4Cc4ccc(F)cc4)c3)ncnc2cn1.Cl. The van der Waals surface area contributed by atoms with Gasteiger partial charge in [-0.15, -0.1) is 12.4 Å². The molecular weight excluding hydrogens is 429 g/mol. The van der Waals surface area contributed by atoms with Gasteiger partial charge in [-0.05, 0) is 42.0 Å². The van der Waals surface area contributed by atoms with Crippen molar-refractivity contribution < 1.29 is 4.39 Å². The predicted octanol–water partition coefficient (Wildman–Crippen LogP) is 4.79. The molecule has 9 heteroatoms. The molecule has 0 saturated carbocycles. The lowest BCUT2D eigenvalue weighted by molar-refractivity contribution is 0.625. The average Bonchev–Trinajstić information content (AvgIpc) is 3.17. The van der Waals surface area contributed by atoms with Gasteiger partial charge in [0.15, 0.2) is 0 Å². The molecule has 0 fully saturated rings. The van der Waals surface area contributed by atoms with Crippen LogP contribution in [0.2, 0.25) is 0 Å². The van der Waals surface area contributed by atoms with E-state index in [9.17, 15) is 4.39 Å². The molecule has 1 N–H and O–H groups in total. The fourth-order valence-electron chi connectivity index (χ4n) is 3.48. The first-order valence-electron chi connectivity index (χ1n) is 9.82. The van der Waals surface area contributed by atoms with Crippen molar-refractivity contribution in [1.29, 1.82) is 0 Å². The van der Waals surface area contributed by atoms with E-state index in [0.717, 1.165) is 38.9 Å². The van der Waals surface area contributed by atoms with Crippen LogP contribution in [-0.2, 0) is 6.54 Å². The van der Waals surface area contributed by atoms with Gasteiger partial charge in [0.05, 0.1) is 30.0 Å². The first-order valence-corrected chi connectivity index (χ1v) is 9.82. The molecule has 2 aromatic carbocycles. The molecule has 0 unspecified atom stereocenters. The summed E-state index contributed by atoms with van der Waals surface area (Å²) in [6.07, 6.45) is 5.11. The molecule has 0 aliphatic carbocycles. The Hall–Kier alpha value is -3.78. The van der Waals surface area contributed by atoms with Gasteiger partial charge in [0, 0.05) is 30.6 Å². The Labute approximate surface area is 190 Å². The van der Waals surface area contributed by atoms with Crippen molar-refractivity contribution in [2.75, 3.05) is 24.3 Å². The Morgan fingerprint density at radius 3 is 2.56 bits per heavy atom. The summed E-state index contributed by atoms with van der Waals surface area (Å²) >= 11 is 0. The molecule has 0 saturated heterocycles. The number of hydrogen-bond donors (Lipinski definition) is 1. The average molecular weight is 450 g/mol. The molecule has 5 rings (SSSR count). The van der Waals surface area contributed by atoms with Crippen molar-refractivity contribution >= 4 is 51.5 Å². The van der Waals surface area contributed by atoms with Crippen molar-refractivity contribution in [2.24, 2.45) is 0 Å². The van der Waals surface area contributed by atoms with E-state index in [0.29, 0.717) is 12.4 Å². The Balaban J connectivity index is 0.00000245. The maximum Gasteiger partial charge on any atom is 0.141 e. The Bertz CT molecular complexity index is 1380. The smallest absolute Gasteiger partial charge is 0.141 e. The standard InChI is InChI=1S/C23H20FN7.ClH/c1-30(2)22-10-19-20(12-25-22)26-14-27-23(19)29-18-7-8-21-16(9-18)11-28-31(21)13-15-3-5-17(24)6-4-15;/h3-12,14H,13H2,1-2H3,(H,26,27,29);1H. The van der Waals surface area contributed by atoms with Crippen LogP contribution >= 0.6 is 12.4 Å². The second-order valence-electron chi connectivity index (χ2n) is 7.50. The lowest BCUT2D eigenvalue weighted by Gasteiger charge is -2.13. The second kappa shape index (κ2) is 8.76. The number of hydrogen-bond acceptors (Lipinski definition) is 6. The summed E-state index contributed by atoms with van der Waals surface area (Å²) in [7, 11) is 3.89. The first kappa shape index (κ1) is 21.5. The van der Waals surface area contributed by atoms with E-state index in [2.05, 4.69) is 25.4 Å². The number of halogens is 2. The fraction of sp³-hybridized carbons (Fsp3) is 0.130. The molecule has 3 aromatic heterocycles. The minimum atomic E-state index is -0.240. The number of aromatic nitrogens is 5. The number of nitrogens with zero attached hydrogens (tertiary/aromatic N) is 6. The Kier molecular flexibility index (Phi) is 5.87. The van der Waals surface area contributed by atoms with Gasteiger partial charge >= 0.3 is 0 Å². The van der Waals surface area contributed by atoms with E-state index in [-0.39, 0.29) is 18.2 Å². The number of rotatable bonds is 5. The molecule has 0 aliphatic heterocycles. The van der Waals surface area contributed by atoms with Crippen LogP contribution in [0, 0.1) is 5.82 Å². The molecule has 0 spiro atoms. The third kappa shape index (κ3) is 4.17. The second-order valence-corrected chi connectivity index (χ2v) is 7.50. The molecule has 3 heterocycles. The van der Waals surface area contributed by atoms with Crippen LogP contribution in [0.25, 0.3) is 21.8 Å². The highest BCUT2D eigenvalue weighted by molar-refractivity contribution is 5.93. The highest BCUT2D eigenvalue weighted by Crippen LogP contribution is 2.27. The lowest BCUT2D eigenvalue weighted by Crippen LogP contribution is -2.10. The van der Waals surface area contributed by atoms with Gasteiger partial charge in [-0.1, -0.05) is 12.1 Å². The van der Waals surface area contributed by atoms with Crippen LogP contribution in [0.4, 0.5) is 21.7 Å². The van der Waals surface area contributed by atoms with E-state index in [1.807, 2.05) is 54.1 Å². The number of nitrogens with one attached hydrogen (secondary N) is 1. The molecule has 5 aromatic rings. The van der Waals surface area contributed by atoms with Crippen LogP contribution in [0.5, 0.6) is 0 Å². The van der Waals surface area contributed by atoms with Gasteiger partial charge in [0.1, 0.15) is 23.8 Å². The van der Waals surface area contributed by atoms with Gasteiger partial charge in [-0.3, -0.25) is 4.68 Å². The van der Waals surface area contributed by atoms with E-state index in [1.165, 1.54) is 18.5 Å². The monoisotopic (exact) mass is 449 g/mol. The Morgan fingerprint density at radius 1 is 0.969 bits per heavy atom. The highest BCUT2D eigenvalue weighted by Gasteiger charge is 2.09. The van der Waals surface area contributed by atoms with Gasteiger partial charge in [0.2, 0.25) is 0 Å². The normalized spacial score (nSPS) is 10.8. The van der Waals surface area contributed by atoms with E-state index in [4.69, 9.17) is 0 Å². The van der Waals surface area contributed by atoms with Crippen LogP contribution in [0.1, 0.15) is 5.56 Å². The molecule has 162 valence electrons. The summed E-state index contributed by atoms with van der Waals surface area (Å²) in [6, 6.07) is 14.5. The zero-order valence-electron chi connectivity index (χ0n) is 17.5. The maximum atomic E-state index is 13.2. The van der Waals surface area contributed by atoms with E-state index >= 15 is 0 Å². The predicted molar refractivity (Wildman–Crippen MR) is 127 cm³/mol. The zero-order chi connectivity index (χ0) is 21.4. The highest BCUT2D eigenvalue weighted by atomic mass is 35.5. The minimum absolute atomic E-state index is 0. The summed E-state index contributed by atoms with van der Waals surface area (Å²) in [5.41, 5.74) is 3.67. The largest absolute Gasteiger partial charge is 0.363 e. The van der Waals surface area contributed by atoms with Crippen LogP contribution in [-0.4, -0.2) is 38.8 Å². The first-order chi connectivity index (χ1) is 15.1. The Morgan fingerprint density at radius 2 is 1.78 bits per heavy atom. The minimum Gasteiger partial charge on any atom is -0.363 e. The molecule has 0 atom stereocenters. The molecular formula is C23H21ClFN7. The number of pyridine rings is 1. The van der Waals surface area contributed by atoms with Gasteiger partial charge in [0.25, 0.3) is 0 Å². The topological polar surface area (TPSA) is 71.8 Å².